The quantitative estimate of drug-likeness (QED) is 0.496. The van der Waals surface area contributed by atoms with E-state index < -0.39 is 0 Å². The fourth-order valence-electron chi connectivity index (χ4n) is 3.58. The molecule has 0 saturated carbocycles. The molecule has 0 aromatic heterocycles. The predicted octanol–water partition coefficient (Wildman–Crippen LogP) is 6.68. The normalized spacial score (nSPS) is 13.3. The van der Waals surface area contributed by atoms with E-state index in [-0.39, 0.29) is 11.6 Å². The second kappa shape index (κ2) is 6.87. The van der Waals surface area contributed by atoms with Gasteiger partial charge in [0.25, 0.3) is 0 Å². The Hall–Kier alpha value is -2.74. The molecule has 0 fully saturated rings. The molecule has 130 valence electrons. The van der Waals surface area contributed by atoms with Crippen LogP contribution in [0.5, 0.6) is 0 Å². The zero-order valence-corrected chi connectivity index (χ0v) is 14.7. The standard InChI is InChI=1S/C24H20F2/c1-2-16-3-5-17(6-4-16)19-9-13-23-20(15-19)10-14-22(24(23)26)18-7-11-21(25)12-8-18/h3-8,10-12,14-15H,2,9,13H2,1H3. The molecule has 0 heterocycles. The number of hydrogen-bond donors (Lipinski definition) is 0. The molecule has 0 nitrogen and oxygen atoms in total. The highest BCUT2D eigenvalue weighted by Crippen LogP contribution is 2.35. The van der Waals surface area contributed by atoms with Gasteiger partial charge in [0.15, 0.2) is 0 Å². The van der Waals surface area contributed by atoms with Gasteiger partial charge in [-0.2, -0.15) is 0 Å². The van der Waals surface area contributed by atoms with Gasteiger partial charge in [0.2, 0.25) is 0 Å². The zero-order valence-electron chi connectivity index (χ0n) is 14.7. The lowest BCUT2D eigenvalue weighted by Gasteiger charge is -2.19. The van der Waals surface area contributed by atoms with Crippen LogP contribution in [0.1, 0.15) is 35.6 Å². The first-order valence-corrected chi connectivity index (χ1v) is 9.03. The van der Waals surface area contributed by atoms with Crippen LogP contribution in [0.4, 0.5) is 8.78 Å². The Balaban J connectivity index is 1.71. The van der Waals surface area contributed by atoms with Crippen LogP contribution in [0, 0.1) is 11.6 Å². The topological polar surface area (TPSA) is 0 Å². The summed E-state index contributed by atoms with van der Waals surface area (Å²) in [6.07, 6.45) is 4.62. The van der Waals surface area contributed by atoms with E-state index >= 15 is 4.39 Å². The van der Waals surface area contributed by atoms with Crippen LogP contribution in [-0.4, -0.2) is 0 Å². The summed E-state index contributed by atoms with van der Waals surface area (Å²) in [5.74, 6) is -0.500. The molecule has 0 N–H and O–H groups in total. The Bertz CT molecular complexity index is 964. The summed E-state index contributed by atoms with van der Waals surface area (Å²) in [6.45, 7) is 2.15. The number of halogens is 2. The van der Waals surface area contributed by atoms with E-state index in [1.807, 2.05) is 6.07 Å². The van der Waals surface area contributed by atoms with Crippen LogP contribution in [0.3, 0.4) is 0 Å². The molecule has 3 aromatic rings. The Morgan fingerprint density at radius 1 is 0.769 bits per heavy atom. The van der Waals surface area contributed by atoms with Gasteiger partial charge in [-0.15, -0.1) is 0 Å². The molecular weight excluding hydrogens is 326 g/mol. The lowest BCUT2D eigenvalue weighted by Crippen LogP contribution is -2.03. The molecule has 1 aliphatic rings. The molecule has 3 aromatic carbocycles. The average Bonchev–Trinajstić information content (AvgIpc) is 2.69. The van der Waals surface area contributed by atoms with Gasteiger partial charge in [-0.1, -0.05) is 61.5 Å². The van der Waals surface area contributed by atoms with E-state index in [0.29, 0.717) is 17.5 Å². The van der Waals surface area contributed by atoms with Crippen LogP contribution < -0.4 is 0 Å². The van der Waals surface area contributed by atoms with Crippen LogP contribution >= 0.6 is 0 Å². The van der Waals surface area contributed by atoms with E-state index in [2.05, 4.69) is 37.3 Å². The van der Waals surface area contributed by atoms with Crippen molar-refractivity contribution in [3.05, 3.63) is 94.6 Å². The SMILES string of the molecule is CCc1ccc(C2=Cc3ccc(-c4ccc(F)cc4)c(F)c3CC2)cc1. The number of fused-ring (bicyclic) bond motifs is 1. The molecule has 4 rings (SSSR count). The summed E-state index contributed by atoms with van der Waals surface area (Å²) in [6, 6.07) is 18.4. The molecular formula is C24H20F2. The molecule has 2 heteroatoms. The maximum absolute atomic E-state index is 15.0. The molecule has 0 aliphatic heterocycles. The minimum absolute atomic E-state index is 0.189. The third-order valence-corrected chi connectivity index (χ3v) is 5.14. The minimum Gasteiger partial charge on any atom is -0.207 e. The minimum atomic E-state index is -0.311. The van der Waals surface area contributed by atoms with E-state index in [0.717, 1.165) is 24.0 Å². The highest BCUT2D eigenvalue weighted by atomic mass is 19.1. The summed E-state index contributed by atoms with van der Waals surface area (Å²) in [7, 11) is 0. The largest absolute Gasteiger partial charge is 0.207 e. The van der Waals surface area contributed by atoms with Crippen molar-refractivity contribution in [3.63, 3.8) is 0 Å². The first kappa shape index (κ1) is 16.7. The molecule has 0 bridgehead atoms. The van der Waals surface area contributed by atoms with Gasteiger partial charge in [0.1, 0.15) is 11.6 Å². The third-order valence-electron chi connectivity index (χ3n) is 5.14. The van der Waals surface area contributed by atoms with Gasteiger partial charge >= 0.3 is 0 Å². The Morgan fingerprint density at radius 3 is 2.15 bits per heavy atom. The van der Waals surface area contributed by atoms with Crippen molar-refractivity contribution in [2.24, 2.45) is 0 Å². The number of allylic oxidation sites excluding steroid dienone is 1. The van der Waals surface area contributed by atoms with E-state index in [4.69, 9.17) is 0 Å². The number of aryl methyl sites for hydroxylation is 1. The molecule has 0 spiro atoms. The van der Waals surface area contributed by atoms with Crippen molar-refractivity contribution in [1.82, 2.24) is 0 Å². The Labute approximate surface area is 152 Å². The molecule has 1 aliphatic carbocycles. The highest BCUT2D eigenvalue weighted by Gasteiger charge is 2.18. The maximum Gasteiger partial charge on any atom is 0.134 e. The molecule has 0 radical (unpaired) electrons. The van der Waals surface area contributed by atoms with Gasteiger partial charge in [-0.3, -0.25) is 0 Å². The summed E-state index contributed by atoms with van der Waals surface area (Å²) < 4.78 is 28.2. The molecule has 0 unspecified atom stereocenters. The number of rotatable bonds is 3. The lowest BCUT2D eigenvalue weighted by atomic mass is 9.86. The van der Waals surface area contributed by atoms with Crippen molar-refractivity contribution < 1.29 is 8.78 Å². The average molecular weight is 346 g/mol. The predicted molar refractivity (Wildman–Crippen MR) is 104 cm³/mol. The van der Waals surface area contributed by atoms with Crippen molar-refractivity contribution >= 4 is 11.6 Å². The molecule has 26 heavy (non-hydrogen) atoms. The number of hydrogen-bond acceptors (Lipinski definition) is 0. The van der Waals surface area contributed by atoms with Gasteiger partial charge in [-0.05, 0) is 64.8 Å². The van der Waals surface area contributed by atoms with Crippen LogP contribution in [-0.2, 0) is 12.8 Å². The summed E-state index contributed by atoms with van der Waals surface area (Å²) in [4.78, 5) is 0. The molecule has 0 saturated heterocycles. The maximum atomic E-state index is 15.0. The van der Waals surface area contributed by atoms with Crippen molar-refractivity contribution in [2.45, 2.75) is 26.2 Å². The van der Waals surface area contributed by atoms with E-state index in [1.54, 1.807) is 18.2 Å². The van der Waals surface area contributed by atoms with Crippen LogP contribution in [0.2, 0.25) is 0 Å². The smallest absolute Gasteiger partial charge is 0.134 e. The Kier molecular flexibility index (Phi) is 4.42. The lowest BCUT2D eigenvalue weighted by molar-refractivity contribution is 0.611. The second-order valence-corrected chi connectivity index (χ2v) is 6.72. The molecule has 0 atom stereocenters. The van der Waals surface area contributed by atoms with Gasteiger partial charge in [0.05, 0.1) is 0 Å². The van der Waals surface area contributed by atoms with E-state index in [9.17, 15) is 4.39 Å². The third kappa shape index (κ3) is 3.08. The monoisotopic (exact) mass is 346 g/mol. The highest BCUT2D eigenvalue weighted by molar-refractivity contribution is 5.85. The summed E-state index contributed by atoms with van der Waals surface area (Å²) in [5, 5.41) is 0. The number of benzene rings is 3. The fraction of sp³-hybridized carbons (Fsp3) is 0.167. The van der Waals surface area contributed by atoms with Crippen molar-refractivity contribution in [1.29, 1.82) is 0 Å². The second-order valence-electron chi connectivity index (χ2n) is 6.72. The van der Waals surface area contributed by atoms with Crippen molar-refractivity contribution in [3.8, 4) is 11.1 Å². The molecule has 0 amide bonds. The summed E-state index contributed by atoms with van der Waals surface area (Å²) in [5.41, 5.74) is 6.70. The van der Waals surface area contributed by atoms with Gasteiger partial charge < -0.3 is 0 Å². The summed E-state index contributed by atoms with van der Waals surface area (Å²) >= 11 is 0. The van der Waals surface area contributed by atoms with Gasteiger partial charge in [-0.25, -0.2) is 8.78 Å². The van der Waals surface area contributed by atoms with Crippen LogP contribution in [0.15, 0.2) is 60.7 Å². The zero-order chi connectivity index (χ0) is 18.1. The fourth-order valence-corrected chi connectivity index (χ4v) is 3.58. The van der Waals surface area contributed by atoms with E-state index in [1.165, 1.54) is 28.8 Å². The van der Waals surface area contributed by atoms with Crippen molar-refractivity contribution in [2.75, 3.05) is 0 Å². The first-order chi connectivity index (χ1) is 12.7. The Morgan fingerprint density at radius 2 is 1.46 bits per heavy atom. The first-order valence-electron chi connectivity index (χ1n) is 9.03. The van der Waals surface area contributed by atoms with Crippen LogP contribution in [0.25, 0.3) is 22.8 Å². The van der Waals surface area contributed by atoms with Gasteiger partial charge in [0, 0.05) is 5.56 Å².